The molecule has 15 heavy (non-hydrogen) atoms. The monoisotopic (exact) mass is 218 g/mol. The maximum Gasteiger partial charge on any atom is 0.236 e. The van der Waals surface area contributed by atoms with Gasteiger partial charge in [-0.15, -0.1) is 0 Å². The molecule has 3 N–H and O–H groups in total. The Kier molecular flexibility index (Phi) is 6.47. The number of aliphatic hydroxyl groups is 1. The number of carbonyl (C=O) groups is 1. The third-order valence-electron chi connectivity index (χ3n) is 2.31. The molecule has 0 fully saturated rings. The summed E-state index contributed by atoms with van der Waals surface area (Å²) in [6.45, 7) is 4.15. The van der Waals surface area contributed by atoms with Gasteiger partial charge in [0, 0.05) is 26.7 Å². The fraction of sp³-hybridized carbons (Fsp3) is 0.900. The van der Waals surface area contributed by atoms with Gasteiger partial charge in [0.1, 0.15) is 0 Å². The van der Waals surface area contributed by atoms with Gasteiger partial charge in [-0.25, -0.2) is 0 Å². The van der Waals surface area contributed by atoms with E-state index in [0.717, 1.165) is 0 Å². The predicted molar refractivity (Wildman–Crippen MR) is 58.6 cm³/mol. The molecule has 1 amide bonds. The smallest absolute Gasteiger partial charge is 0.236 e. The average Bonchev–Trinajstić information content (AvgIpc) is 2.22. The highest BCUT2D eigenvalue weighted by molar-refractivity contribution is 5.81. The lowest BCUT2D eigenvalue weighted by molar-refractivity contribution is -0.123. The summed E-state index contributed by atoms with van der Waals surface area (Å²) in [5.74, 6) is -0.116. The zero-order chi connectivity index (χ0) is 11.9. The first-order chi connectivity index (χ1) is 6.93. The predicted octanol–water partition coefficient (Wildman–Crippen LogP) is -0.502. The van der Waals surface area contributed by atoms with E-state index in [4.69, 9.17) is 4.74 Å². The second kappa shape index (κ2) is 6.76. The molecule has 0 aromatic carbocycles. The summed E-state index contributed by atoms with van der Waals surface area (Å²) in [7, 11) is 3.30. The van der Waals surface area contributed by atoms with Gasteiger partial charge in [-0.05, 0) is 20.9 Å². The molecular weight excluding hydrogens is 196 g/mol. The topological polar surface area (TPSA) is 70.6 Å². The van der Waals surface area contributed by atoms with Crippen LogP contribution in [0.25, 0.3) is 0 Å². The highest BCUT2D eigenvalue weighted by Crippen LogP contribution is 2.07. The highest BCUT2D eigenvalue weighted by Gasteiger charge is 2.21. The van der Waals surface area contributed by atoms with Crippen molar-refractivity contribution in [3.63, 3.8) is 0 Å². The second-order valence-corrected chi connectivity index (χ2v) is 3.97. The minimum atomic E-state index is -0.918. The number of carbonyl (C=O) groups excluding carboxylic acids is 1. The molecule has 2 atom stereocenters. The summed E-state index contributed by atoms with van der Waals surface area (Å²) >= 11 is 0. The molecule has 0 aromatic rings. The van der Waals surface area contributed by atoms with Gasteiger partial charge in [0.15, 0.2) is 0 Å². The molecule has 0 aliphatic carbocycles. The highest BCUT2D eigenvalue weighted by atomic mass is 16.5. The van der Waals surface area contributed by atoms with Crippen molar-refractivity contribution in [2.75, 3.05) is 27.3 Å². The Morgan fingerprint density at radius 1 is 1.60 bits per heavy atom. The number of likely N-dealkylation sites (N-methyl/N-ethyl adjacent to an activating group) is 1. The van der Waals surface area contributed by atoms with E-state index >= 15 is 0 Å². The van der Waals surface area contributed by atoms with Gasteiger partial charge in [0.05, 0.1) is 11.6 Å². The minimum Gasteiger partial charge on any atom is -0.388 e. The van der Waals surface area contributed by atoms with Crippen LogP contribution in [0.5, 0.6) is 0 Å². The van der Waals surface area contributed by atoms with Crippen molar-refractivity contribution in [1.29, 1.82) is 0 Å². The Morgan fingerprint density at radius 2 is 2.20 bits per heavy atom. The summed E-state index contributed by atoms with van der Waals surface area (Å²) < 4.78 is 4.87. The van der Waals surface area contributed by atoms with E-state index in [1.807, 2.05) is 0 Å². The summed E-state index contributed by atoms with van der Waals surface area (Å²) in [5.41, 5.74) is -0.918. The molecule has 2 unspecified atom stereocenters. The molecule has 5 heteroatoms. The van der Waals surface area contributed by atoms with Gasteiger partial charge in [-0.1, -0.05) is 0 Å². The van der Waals surface area contributed by atoms with E-state index in [-0.39, 0.29) is 18.5 Å². The van der Waals surface area contributed by atoms with Crippen LogP contribution < -0.4 is 10.6 Å². The van der Waals surface area contributed by atoms with Crippen molar-refractivity contribution in [1.82, 2.24) is 10.6 Å². The maximum atomic E-state index is 11.4. The minimum absolute atomic E-state index is 0.116. The third-order valence-corrected chi connectivity index (χ3v) is 2.31. The van der Waals surface area contributed by atoms with E-state index in [1.54, 1.807) is 28.0 Å². The first kappa shape index (κ1) is 14.3. The van der Waals surface area contributed by atoms with Crippen LogP contribution in [-0.2, 0) is 9.53 Å². The SMILES string of the molecule is CNC(C)C(=O)NCC(C)(O)CCOC. The van der Waals surface area contributed by atoms with Crippen LogP contribution >= 0.6 is 0 Å². The lowest BCUT2D eigenvalue weighted by atomic mass is 10.0. The molecule has 0 aromatic heterocycles. The van der Waals surface area contributed by atoms with Crippen LogP contribution in [0.15, 0.2) is 0 Å². The number of ether oxygens (including phenoxy) is 1. The third kappa shape index (κ3) is 6.43. The van der Waals surface area contributed by atoms with E-state index in [1.165, 1.54) is 0 Å². The van der Waals surface area contributed by atoms with Gasteiger partial charge in [-0.3, -0.25) is 4.79 Å². The summed E-state index contributed by atoms with van der Waals surface area (Å²) in [5, 5.41) is 15.3. The Hall–Kier alpha value is -0.650. The fourth-order valence-corrected chi connectivity index (χ4v) is 0.972. The Labute approximate surface area is 91.2 Å². The zero-order valence-electron chi connectivity index (χ0n) is 9.96. The van der Waals surface area contributed by atoms with Gasteiger partial charge in [0.2, 0.25) is 5.91 Å². The normalized spacial score (nSPS) is 16.9. The lowest BCUT2D eigenvalue weighted by Crippen LogP contribution is -2.47. The first-order valence-electron chi connectivity index (χ1n) is 5.09. The van der Waals surface area contributed by atoms with Crippen LogP contribution in [0, 0.1) is 0 Å². The lowest BCUT2D eigenvalue weighted by Gasteiger charge is -2.24. The van der Waals surface area contributed by atoms with Crippen LogP contribution in [0.1, 0.15) is 20.3 Å². The molecule has 5 nitrogen and oxygen atoms in total. The molecule has 0 bridgehead atoms. The van der Waals surface area contributed by atoms with E-state index in [9.17, 15) is 9.90 Å². The summed E-state index contributed by atoms with van der Waals surface area (Å²) in [6, 6.07) is -0.247. The van der Waals surface area contributed by atoms with E-state index < -0.39 is 5.60 Å². The molecule has 0 aliphatic heterocycles. The molecule has 0 radical (unpaired) electrons. The Morgan fingerprint density at radius 3 is 2.67 bits per heavy atom. The summed E-state index contributed by atoms with van der Waals surface area (Å²) in [4.78, 5) is 11.4. The molecular formula is C10H22N2O3. The molecule has 0 spiro atoms. The molecule has 0 heterocycles. The van der Waals surface area contributed by atoms with Gasteiger partial charge < -0.3 is 20.5 Å². The zero-order valence-corrected chi connectivity index (χ0v) is 9.96. The summed E-state index contributed by atoms with van der Waals surface area (Å²) in [6.07, 6.45) is 0.498. The number of hydrogen-bond donors (Lipinski definition) is 3. The molecule has 90 valence electrons. The van der Waals surface area contributed by atoms with Crippen LogP contribution in [-0.4, -0.2) is 50.0 Å². The Bertz CT molecular complexity index is 195. The van der Waals surface area contributed by atoms with Crippen molar-refractivity contribution < 1.29 is 14.6 Å². The molecule has 0 rings (SSSR count). The van der Waals surface area contributed by atoms with Gasteiger partial charge in [-0.2, -0.15) is 0 Å². The van der Waals surface area contributed by atoms with Crippen LogP contribution in [0.2, 0.25) is 0 Å². The largest absolute Gasteiger partial charge is 0.388 e. The van der Waals surface area contributed by atoms with E-state index in [2.05, 4.69) is 10.6 Å². The van der Waals surface area contributed by atoms with E-state index in [0.29, 0.717) is 13.0 Å². The maximum absolute atomic E-state index is 11.4. The number of rotatable bonds is 7. The van der Waals surface area contributed by atoms with Gasteiger partial charge >= 0.3 is 0 Å². The number of hydrogen-bond acceptors (Lipinski definition) is 4. The standard InChI is InChI=1S/C10H22N2O3/c1-8(11-3)9(13)12-7-10(2,14)5-6-15-4/h8,11,14H,5-7H2,1-4H3,(H,12,13). The number of nitrogens with one attached hydrogen (secondary N) is 2. The molecule has 0 saturated carbocycles. The molecule has 0 aliphatic rings. The van der Waals surface area contributed by atoms with Crippen molar-refractivity contribution in [3.05, 3.63) is 0 Å². The van der Waals surface area contributed by atoms with Crippen molar-refractivity contribution in [2.45, 2.75) is 31.9 Å². The second-order valence-electron chi connectivity index (χ2n) is 3.97. The fourth-order valence-electron chi connectivity index (χ4n) is 0.972. The average molecular weight is 218 g/mol. The van der Waals surface area contributed by atoms with Crippen LogP contribution in [0.4, 0.5) is 0 Å². The first-order valence-corrected chi connectivity index (χ1v) is 5.09. The van der Waals surface area contributed by atoms with Crippen molar-refractivity contribution in [3.8, 4) is 0 Å². The van der Waals surface area contributed by atoms with Crippen LogP contribution in [0.3, 0.4) is 0 Å². The number of amides is 1. The quantitative estimate of drug-likeness (QED) is 0.538. The Balaban J connectivity index is 3.86. The van der Waals surface area contributed by atoms with Crippen molar-refractivity contribution in [2.24, 2.45) is 0 Å². The van der Waals surface area contributed by atoms with Gasteiger partial charge in [0.25, 0.3) is 0 Å². The number of methoxy groups -OCH3 is 1. The van der Waals surface area contributed by atoms with Crippen molar-refractivity contribution >= 4 is 5.91 Å². The molecule has 0 saturated heterocycles.